The summed E-state index contributed by atoms with van der Waals surface area (Å²) in [4.78, 5) is 24.1. The van der Waals surface area contributed by atoms with Crippen molar-refractivity contribution in [2.75, 3.05) is 0 Å². The molecule has 0 bridgehead atoms. The molecular formula is C21H16F3NO3. The maximum Gasteiger partial charge on any atom is 0.417 e. The molecule has 0 fully saturated rings. The van der Waals surface area contributed by atoms with Gasteiger partial charge in [0.05, 0.1) is 11.1 Å². The normalized spacial score (nSPS) is 12.5. The third kappa shape index (κ3) is 4.14. The Balaban J connectivity index is 1.89. The molecule has 7 heteroatoms. The van der Waals surface area contributed by atoms with Gasteiger partial charge in [0.15, 0.2) is 0 Å². The second-order valence-corrected chi connectivity index (χ2v) is 6.25. The van der Waals surface area contributed by atoms with Crippen LogP contribution >= 0.6 is 0 Å². The summed E-state index contributed by atoms with van der Waals surface area (Å²) in [5.74, 6) is -2.41. The van der Waals surface area contributed by atoms with Gasteiger partial charge in [-0.3, -0.25) is 4.79 Å². The van der Waals surface area contributed by atoms with Crippen molar-refractivity contribution in [3.63, 3.8) is 0 Å². The fourth-order valence-electron chi connectivity index (χ4n) is 3.05. The first-order chi connectivity index (χ1) is 13.3. The Labute approximate surface area is 158 Å². The molecule has 1 amide bonds. The Hall–Kier alpha value is -3.35. The van der Waals surface area contributed by atoms with Crippen molar-refractivity contribution in [2.45, 2.75) is 18.6 Å². The van der Waals surface area contributed by atoms with Crippen molar-refractivity contribution >= 4 is 22.6 Å². The Bertz CT molecular complexity index is 1030. The number of carbonyl (C=O) groups excluding carboxylic acids is 1. The standard InChI is InChI=1S/C21H16F3NO3/c22-21(23,24)17-11-4-3-10-16(17)19(26)25-18(20(27)28)12-14-8-5-7-13-6-1-2-9-15(13)14/h1-11,18H,12H2,(H,25,26)(H,27,28)/t18-/m1/s1. The summed E-state index contributed by atoms with van der Waals surface area (Å²) in [5, 5.41) is 13.4. The molecule has 0 aliphatic carbocycles. The van der Waals surface area contributed by atoms with Gasteiger partial charge in [-0.1, -0.05) is 54.6 Å². The van der Waals surface area contributed by atoms with E-state index in [4.69, 9.17) is 0 Å². The minimum atomic E-state index is -4.72. The molecule has 0 saturated heterocycles. The van der Waals surface area contributed by atoms with Gasteiger partial charge in [0.1, 0.15) is 6.04 Å². The van der Waals surface area contributed by atoms with Gasteiger partial charge in [-0.05, 0) is 28.5 Å². The zero-order chi connectivity index (χ0) is 20.3. The minimum absolute atomic E-state index is 0.0589. The number of amides is 1. The number of halogens is 3. The van der Waals surface area contributed by atoms with Crippen LogP contribution in [-0.2, 0) is 17.4 Å². The molecule has 4 nitrogen and oxygen atoms in total. The van der Waals surface area contributed by atoms with E-state index in [1.807, 2.05) is 24.3 Å². The van der Waals surface area contributed by atoms with E-state index >= 15 is 0 Å². The van der Waals surface area contributed by atoms with Crippen LogP contribution in [0, 0.1) is 0 Å². The van der Waals surface area contributed by atoms with Crippen LogP contribution in [0.15, 0.2) is 66.7 Å². The smallest absolute Gasteiger partial charge is 0.417 e. The maximum absolute atomic E-state index is 13.1. The van der Waals surface area contributed by atoms with Crippen LogP contribution in [-0.4, -0.2) is 23.0 Å². The van der Waals surface area contributed by atoms with Crippen molar-refractivity contribution in [1.82, 2.24) is 5.32 Å². The third-order valence-electron chi connectivity index (χ3n) is 4.38. The number of benzene rings is 3. The lowest BCUT2D eigenvalue weighted by Gasteiger charge is -2.18. The van der Waals surface area contributed by atoms with Crippen LogP contribution < -0.4 is 5.32 Å². The van der Waals surface area contributed by atoms with Crippen LogP contribution in [0.25, 0.3) is 10.8 Å². The molecule has 0 radical (unpaired) electrons. The summed E-state index contributed by atoms with van der Waals surface area (Å²) >= 11 is 0. The lowest BCUT2D eigenvalue weighted by molar-refractivity contribution is -0.139. The van der Waals surface area contributed by atoms with E-state index in [0.29, 0.717) is 5.56 Å². The van der Waals surface area contributed by atoms with Crippen LogP contribution in [0.2, 0.25) is 0 Å². The molecule has 3 rings (SSSR count). The summed E-state index contributed by atoms with van der Waals surface area (Å²) < 4.78 is 39.4. The zero-order valence-electron chi connectivity index (χ0n) is 14.5. The molecule has 0 aliphatic rings. The van der Waals surface area contributed by atoms with Crippen molar-refractivity contribution < 1.29 is 27.9 Å². The number of alkyl halides is 3. The molecule has 0 aromatic heterocycles. The Morgan fingerprint density at radius 1 is 0.929 bits per heavy atom. The van der Waals surface area contributed by atoms with E-state index in [1.165, 1.54) is 12.1 Å². The first-order valence-electron chi connectivity index (χ1n) is 8.44. The average molecular weight is 387 g/mol. The zero-order valence-corrected chi connectivity index (χ0v) is 14.5. The molecule has 1 atom stereocenters. The van der Waals surface area contributed by atoms with Crippen molar-refractivity contribution in [1.29, 1.82) is 0 Å². The second kappa shape index (κ2) is 7.72. The Morgan fingerprint density at radius 2 is 1.57 bits per heavy atom. The lowest BCUT2D eigenvalue weighted by Crippen LogP contribution is -2.42. The number of carboxylic acids is 1. The van der Waals surface area contributed by atoms with E-state index in [-0.39, 0.29) is 6.42 Å². The van der Waals surface area contributed by atoms with Gasteiger partial charge in [0, 0.05) is 6.42 Å². The Morgan fingerprint density at radius 3 is 2.29 bits per heavy atom. The topological polar surface area (TPSA) is 66.4 Å². The minimum Gasteiger partial charge on any atom is -0.480 e. The van der Waals surface area contributed by atoms with E-state index in [9.17, 15) is 27.9 Å². The molecule has 0 saturated carbocycles. The van der Waals surface area contributed by atoms with Crippen LogP contribution in [0.4, 0.5) is 13.2 Å². The quantitative estimate of drug-likeness (QED) is 0.687. The predicted molar refractivity (Wildman–Crippen MR) is 98.0 cm³/mol. The highest BCUT2D eigenvalue weighted by Crippen LogP contribution is 2.31. The largest absolute Gasteiger partial charge is 0.480 e. The highest BCUT2D eigenvalue weighted by atomic mass is 19.4. The average Bonchev–Trinajstić information content (AvgIpc) is 2.67. The number of aliphatic carboxylic acids is 1. The summed E-state index contributed by atoms with van der Waals surface area (Å²) in [6, 6.07) is 15.6. The van der Waals surface area contributed by atoms with Crippen LogP contribution in [0.5, 0.6) is 0 Å². The summed E-state index contributed by atoms with van der Waals surface area (Å²) in [7, 11) is 0. The number of rotatable bonds is 5. The number of nitrogens with one attached hydrogen (secondary N) is 1. The van der Waals surface area contributed by atoms with Crippen molar-refractivity contribution in [3.05, 3.63) is 83.4 Å². The maximum atomic E-state index is 13.1. The molecule has 2 N–H and O–H groups in total. The van der Waals surface area contributed by atoms with Crippen molar-refractivity contribution in [2.24, 2.45) is 0 Å². The highest BCUT2D eigenvalue weighted by Gasteiger charge is 2.35. The number of carboxylic acid groups (broad SMARTS) is 1. The van der Waals surface area contributed by atoms with E-state index in [2.05, 4.69) is 5.32 Å². The lowest BCUT2D eigenvalue weighted by atomic mass is 9.98. The number of hydrogen-bond donors (Lipinski definition) is 2. The van der Waals surface area contributed by atoms with Crippen molar-refractivity contribution in [3.8, 4) is 0 Å². The van der Waals surface area contributed by atoms with Crippen LogP contribution in [0.1, 0.15) is 21.5 Å². The number of fused-ring (bicyclic) bond motifs is 1. The molecule has 3 aromatic carbocycles. The summed E-state index contributed by atoms with van der Waals surface area (Å²) in [5.41, 5.74) is -1.05. The van der Waals surface area contributed by atoms with E-state index < -0.39 is 35.2 Å². The van der Waals surface area contributed by atoms with E-state index in [0.717, 1.165) is 22.9 Å². The molecule has 0 unspecified atom stereocenters. The molecule has 28 heavy (non-hydrogen) atoms. The van der Waals surface area contributed by atoms with E-state index in [1.54, 1.807) is 18.2 Å². The van der Waals surface area contributed by atoms with Gasteiger partial charge >= 0.3 is 12.1 Å². The Kier molecular flexibility index (Phi) is 5.35. The highest BCUT2D eigenvalue weighted by molar-refractivity contribution is 5.98. The first-order valence-corrected chi connectivity index (χ1v) is 8.44. The summed E-state index contributed by atoms with van der Waals surface area (Å²) in [6.45, 7) is 0. The van der Waals surface area contributed by atoms with Crippen LogP contribution in [0.3, 0.4) is 0 Å². The second-order valence-electron chi connectivity index (χ2n) is 6.25. The van der Waals surface area contributed by atoms with Gasteiger partial charge in [-0.15, -0.1) is 0 Å². The van der Waals surface area contributed by atoms with Gasteiger partial charge in [0.25, 0.3) is 5.91 Å². The predicted octanol–water partition coefficient (Wildman–Crippen LogP) is 4.28. The van der Waals surface area contributed by atoms with Gasteiger partial charge in [-0.25, -0.2) is 4.79 Å². The van der Waals surface area contributed by atoms with Gasteiger partial charge in [-0.2, -0.15) is 13.2 Å². The monoisotopic (exact) mass is 387 g/mol. The molecule has 0 heterocycles. The number of hydrogen-bond acceptors (Lipinski definition) is 2. The fraction of sp³-hybridized carbons (Fsp3) is 0.143. The molecule has 0 aliphatic heterocycles. The number of carbonyl (C=O) groups is 2. The molecular weight excluding hydrogens is 371 g/mol. The fourth-order valence-corrected chi connectivity index (χ4v) is 3.05. The van der Waals surface area contributed by atoms with Gasteiger partial charge < -0.3 is 10.4 Å². The molecule has 144 valence electrons. The van der Waals surface area contributed by atoms with Gasteiger partial charge in [0.2, 0.25) is 0 Å². The molecule has 3 aromatic rings. The molecule has 0 spiro atoms. The first kappa shape index (κ1) is 19.4. The SMILES string of the molecule is O=C(N[C@H](Cc1cccc2ccccc12)C(=O)O)c1ccccc1C(F)(F)F. The third-order valence-corrected chi connectivity index (χ3v) is 4.38. The summed E-state index contributed by atoms with van der Waals surface area (Å²) in [6.07, 6.45) is -4.78.